The minimum Gasteiger partial charge on any atom is -0.315 e. The lowest BCUT2D eigenvalue weighted by molar-refractivity contribution is 0.698. The van der Waals surface area contributed by atoms with Crippen molar-refractivity contribution in [2.45, 2.75) is 13.0 Å². The quantitative estimate of drug-likeness (QED) is 0.767. The summed E-state index contributed by atoms with van der Waals surface area (Å²) in [6, 6.07) is 0. The van der Waals surface area contributed by atoms with E-state index in [9.17, 15) is 0 Å². The topological polar surface area (TPSA) is 43.6 Å². The van der Waals surface area contributed by atoms with Crippen LogP contribution in [0.2, 0.25) is 0 Å². The standard InChI is InChI=1S/C8H9BrN4/c9-2-1-3-13-6-12-7-4-10-5-11-8(7)13/h4-6H,1-3H2. The van der Waals surface area contributed by atoms with Crippen LogP contribution in [-0.4, -0.2) is 24.8 Å². The molecule has 0 bridgehead atoms. The van der Waals surface area contributed by atoms with Crippen molar-refractivity contribution < 1.29 is 0 Å². The largest absolute Gasteiger partial charge is 0.315 e. The average Bonchev–Trinajstić information content (AvgIpc) is 2.58. The molecule has 0 amide bonds. The maximum Gasteiger partial charge on any atom is 0.163 e. The van der Waals surface area contributed by atoms with Crippen molar-refractivity contribution in [2.75, 3.05) is 5.33 Å². The van der Waals surface area contributed by atoms with E-state index in [1.165, 1.54) is 0 Å². The summed E-state index contributed by atoms with van der Waals surface area (Å²) < 4.78 is 2.04. The summed E-state index contributed by atoms with van der Waals surface area (Å²) in [5, 5.41) is 0.998. The molecule has 2 heterocycles. The third-order valence-electron chi connectivity index (χ3n) is 1.81. The van der Waals surface area contributed by atoms with E-state index in [0.29, 0.717) is 0 Å². The first kappa shape index (κ1) is 8.62. The molecule has 4 nitrogen and oxygen atoms in total. The highest BCUT2D eigenvalue weighted by molar-refractivity contribution is 9.09. The first-order valence-corrected chi connectivity index (χ1v) is 5.21. The molecule has 0 saturated carbocycles. The summed E-state index contributed by atoms with van der Waals surface area (Å²) in [5.41, 5.74) is 1.77. The van der Waals surface area contributed by atoms with Crippen LogP contribution in [0.4, 0.5) is 0 Å². The van der Waals surface area contributed by atoms with Crippen molar-refractivity contribution in [1.82, 2.24) is 19.5 Å². The number of hydrogen-bond acceptors (Lipinski definition) is 3. The Morgan fingerprint density at radius 3 is 3.15 bits per heavy atom. The van der Waals surface area contributed by atoms with Crippen LogP contribution < -0.4 is 0 Å². The zero-order chi connectivity index (χ0) is 9.10. The number of imidazole rings is 1. The van der Waals surface area contributed by atoms with Crippen molar-refractivity contribution in [1.29, 1.82) is 0 Å². The first-order valence-electron chi connectivity index (χ1n) is 4.08. The van der Waals surface area contributed by atoms with E-state index >= 15 is 0 Å². The second kappa shape index (κ2) is 3.83. The molecule has 0 aliphatic carbocycles. The lowest BCUT2D eigenvalue weighted by atomic mass is 10.4. The van der Waals surface area contributed by atoms with Crippen LogP contribution in [0.1, 0.15) is 6.42 Å². The monoisotopic (exact) mass is 240 g/mol. The van der Waals surface area contributed by atoms with Gasteiger partial charge in [-0.05, 0) is 6.42 Å². The molecule has 2 rings (SSSR count). The van der Waals surface area contributed by atoms with E-state index < -0.39 is 0 Å². The maximum atomic E-state index is 4.19. The van der Waals surface area contributed by atoms with E-state index in [1.807, 2.05) is 10.9 Å². The van der Waals surface area contributed by atoms with Crippen LogP contribution in [-0.2, 0) is 6.54 Å². The molecular weight excluding hydrogens is 232 g/mol. The van der Waals surface area contributed by atoms with Gasteiger partial charge in [-0.2, -0.15) is 0 Å². The number of rotatable bonds is 3. The van der Waals surface area contributed by atoms with Gasteiger partial charge in [-0.25, -0.2) is 15.0 Å². The Bertz CT molecular complexity index is 398. The summed E-state index contributed by atoms with van der Waals surface area (Å²) in [5.74, 6) is 0. The molecule has 0 saturated heterocycles. The highest BCUT2D eigenvalue weighted by atomic mass is 79.9. The van der Waals surface area contributed by atoms with Crippen LogP contribution in [0.25, 0.3) is 11.2 Å². The van der Waals surface area contributed by atoms with Crippen molar-refractivity contribution in [2.24, 2.45) is 0 Å². The second-order valence-electron chi connectivity index (χ2n) is 2.71. The number of halogens is 1. The van der Waals surface area contributed by atoms with Crippen molar-refractivity contribution >= 4 is 27.1 Å². The Morgan fingerprint density at radius 1 is 1.38 bits per heavy atom. The highest BCUT2D eigenvalue weighted by Gasteiger charge is 2.01. The zero-order valence-electron chi connectivity index (χ0n) is 7.02. The highest BCUT2D eigenvalue weighted by Crippen LogP contribution is 2.07. The normalized spacial score (nSPS) is 10.8. The molecule has 0 aliphatic rings. The molecule has 0 unspecified atom stereocenters. The lowest BCUT2D eigenvalue weighted by Gasteiger charge is -1.99. The summed E-state index contributed by atoms with van der Waals surface area (Å²) in [7, 11) is 0. The molecule has 5 heteroatoms. The van der Waals surface area contributed by atoms with E-state index in [4.69, 9.17) is 0 Å². The molecule has 0 spiro atoms. The Balaban J connectivity index is 2.35. The molecule has 0 fully saturated rings. The summed E-state index contributed by atoms with van der Waals surface area (Å²) >= 11 is 3.39. The van der Waals surface area contributed by atoms with Crippen molar-refractivity contribution in [3.8, 4) is 0 Å². The number of hydrogen-bond donors (Lipinski definition) is 0. The van der Waals surface area contributed by atoms with Gasteiger partial charge < -0.3 is 4.57 Å². The smallest absolute Gasteiger partial charge is 0.163 e. The number of alkyl halides is 1. The predicted octanol–water partition coefficient (Wildman–Crippen LogP) is 1.61. The molecule has 2 aromatic rings. The third kappa shape index (κ3) is 1.70. The van der Waals surface area contributed by atoms with Gasteiger partial charge >= 0.3 is 0 Å². The average molecular weight is 241 g/mol. The molecule has 68 valence electrons. The molecule has 0 aromatic carbocycles. The van der Waals surface area contributed by atoms with Gasteiger partial charge in [0.15, 0.2) is 5.65 Å². The summed E-state index contributed by atoms with van der Waals surface area (Å²) in [6.07, 6.45) is 6.17. The van der Waals surface area contributed by atoms with E-state index in [-0.39, 0.29) is 0 Å². The second-order valence-corrected chi connectivity index (χ2v) is 3.51. The van der Waals surface area contributed by atoms with Gasteiger partial charge in [0.05, 0.1) is 12.5 Å². The first-order chi connectivity index (χ1) is 6.42. The summed E-state index contributed by atoms with van der Waals surface area (Å²) in [4.78, 5) is 12.3. The molecule has 0 atom stereocenters. The van der Waals surface area contributed by atoms with Gasteiger partial charge in [0.2, 0.25) is 0 Å². The van der Waals surface area contributed by atoms with E-state index in [2.05, 4.69) is 30.9 Å². The van der Waals surface area contributed by atoms with Crippen molar-refractivity contribution in [3.63, 3.8) is 0 Å². The fraction of sp³-hybridized carbons (Fsp3) is 0.375. The van der Waals surface area contributed by atoms with Gasteiger partial charge in [0.1, 0.15) is 11.8 Å². The lowest BCUT2D eigenvalue weighted by Crippen LogP contribution is -1.97. The minimum absolute atomic E-state index is 0.858. The Hall–Kier alpha value is -0.970. The Kier molecular flexibility index (Phi) is 2.54. The van der Waals surface area contributed by atoms with Crippen molar-refractivity contribution in [3.05, 3.63) is 18.9 Å². The number of nitrogens with zero attached hydrogens (tertiary/aromatic N) is 4. The van der Waals surface area contributed by atoms with Gasteiger partial charge in [0, 0.05) is 11.9 Å². The molecular formula is C8H9BrN4. The predicted molar refractivity (Wildman–Crippen MR) is 53.7 cm³/mol. The molecule has 0 aliphatic heterocycles. The number of fused-ring (bicyclic) bond motifs is 1. The van der Waals surface area contributed by atoms with Gasteiger partial charge in [0.25, 0.3) is 0 Å². The molecule has 0 radical (unpaired) electrons. The SMILES string of the molecule is BrCCCn1cnc2cncnc21. The van der Waals surface area contributed by atoms with E-state index in [1.54, 1.807) is 12.5 Å². The zero-order valence-corrected chi connectivity index (χ0v) is 8.61. The fourth-order valence-corrected chi connectivity index (χ4v) is 1.46. The summed E-state index contributed by atoms with van der Waals surface area (Å²) in [6.45, 7) is 0.943. The van der Waals surface area contributed by atoms with Crippen LogP contribution in [0.5, 0.6) is 0 Å². The van der Waals surface area contributed by atoms with Crippen LogP contribution in [0, 0.1) is 0 Å². The van der Waals surface area contributed by atoms with Gasteiger partial charge in [-0.3, -0.25) is 0 Å². The van der Waals surface area contributed by atoms with Crippen LogP contribution in [0.3, 0.4) is 0 Å². The van der Waals surface area contributed by atoms with Crippen LogP contribution >= 0.6 is 15.9 Å². The Labute approximate surface area is 84.2 Å². The number of aryl methyl sites for hydroxylation is 1. The minimum atomic E-state index is 0.858. The number of aromatic nitrogens is 4. The van der Waals surface area contributed by atoms with E-state index in [0.717, 1.165) is 29.5 Å². The van der Waals surface area contributed by atoms with Crippen LogP contribution in [0.15, 0.2) is 18.9 Å². The van der Waals surface area contributed by atoms with Gasteiger partial charge in [-0.15, -0.1) is 0 Å². The molecule has 13 heavy (non-hydrogen) atoms. The maximum absolute atomic E-state index is 4.19. The molecule has 0 N–H and O–H groups in total. The Morgan fingerprint density at radius 2 is 2.31 bits per heavy atom. The third-order valence-corrected chi connectivity index (χ3v) is 2.37. The molecule has 2 aromatic heterocycles. The fourth-order valence-electron chi connectivity index (χ4n) is 1.21. The van der Waals surface area contributed by atoms with Gasteiger partial charge in [-0.1, -0.05) is 15.9 Å².